The van der Waals surface area contributed by atoms with E-state index in [0.717, 1.165) is 32.2 Å². The molecule has 0 radical (unpaired) electrons. The Balaban J connectivity index is 1.75. The number of piperidine rings is 1. The number of carbonyl (C=O) groups is 4. The normalized spacial score (nSPS) is 28.0. The summed E-state index contributed by atoms with van der Waals surface area (Å²) in [6.07, 6.45) is 3.43. The summed E-state index contributed by atoms with van der Waals surface area (Å²) in [4.78, 5) is 59.7. The molecule has 3 rings (SSSR count). The fourth-order valence-corrected chi connectivity index (χ4v) is 6.49. The molecular weight excluding hydrogens is 514 g/mol. The molecular formula is C29H51N5O6. The molecule has 0 spiro atoms. The molecule has 0 saturated carbocycles. The Morgan fingerprint density at radius 3 is 2.23 bits per heavy atom. The Kier molecular flexibility index (Phi) is 10.6. The number of aliphatic hydroxyl groups excluding tert-OH is 1. The van der Waals surface area contributed by atoms with E-state index in [2.05, 4.69) is 15.1 Å². The van der Waals surface area contributed by atoms with Gasteiger partial charge in [-0.2, -0.15) is 0 Å². The van der Waals surface area contributed by atoms with E-state index in [4.69, 9.17) is 0 Å². The molecule has 11 heteroatoms. The first kappa shape index (κ1) is 32.3. The Morgan fingerprint density at radius 2 is 1.65 bits per heavy atom. The highest BCUT2D eigenvalue weighted by Crippen LogP contribution is 2.28. The number of carbonyl (C=O) groups excluding carboxylic acids is 3. The van der Waals surface area contributed by atoms with E-state index in [1.54, 1.807) is 11.9 Å². The van der Waals surface area contributed by atoms with E-state index in [0.29, 0.717) is 19.5 Å². The number of carboxylic acid groups (broad SMARTS) is 1. The van der Waals surface area contributed by atoms with Gasteiger partial charge < -0.3 is 25.3 Å². The lowest BCUT2D eigenvalue weighted by Gasteiger charge is -2.41. The summed E-state index contributed by atoms with van der Waals surface area (Å²) >= 11 is 0. The van der Waals surface area contributed by atoms with Crippen LogP contribution in [0.5, 0.6) is 0 Å². The summed E-state index contributed by atoms with van der Waals surface area (Å²) in [6.45, 7) is 12.0. The van der Waals surface area contributed by atoms with Gasteiger partial charge in [0.05, 0.1) is 18.2 Å². The lowest BCUT2D eigenvalue weighted by atomic mass is 9.84. The summed E-state index contributed by atoms with van der Waals surface area (Å²) < 4.78 is 0. The van der Waals surface area contributed by atoms with Gasteiger partial charge >= 0.3 is 5.97 Å². The minimum atomic E-state index is -1.10. The van der Waals surface area contributed by atoms with Crippen LogP contribution in [0.4, 0.5) is 0 Å². The van der Waals surface area contributed by atoms with Crippen LogP contribution in [-0.4, -0.2) is 130 Å². The van der Waals surface area contributed by atoms with E-state index in [1.165, 1.54) is 4.90 Å². The lowest BCUT2D eigenvalue weighted by Crippen LogP contribution is -2.61. The smallest absolute Gasteiger partial charge is 0.326 e. The molecule has 3 aliphatic rings. The van der Waals surface area contributed by atoms with Crippen molar-refractivity contribution in [1.29, 1.82) is 0 Å². The number of hydrogen-bond donors (Lipinski definition) is 3. The predicted octanol–water partition coefficient (Wildman–Crippen LogP) is 0.995. The monoisotopic (exact) mass is 565 g/mol. The highest BCUT2D eigenvalue weighted by atomic mass is 16.4. The van der Waals surface area contributed by atoms with Crippen LogP contribution in [0.15, 0.2) is 0 Å². The van der Waals surface area contributed by atoms with E-state index in [1.807, 2.05) is 41.7 Å². The summed E-state index contributed by atoms with van der Waals surface area (Å²) in [5.41, 5.74) is -0.510. The lowest BCUT2D eigenvalue weighted by molar-refractivity contribution is -0.150. The number of β-amino-alcohol motifs (C(OH)–C–C–N with tert-alkyl or cyclic N) is 1. The van der Waals surface area contributed by atoms with Crippen molar-refractivity contribution in [3.63, 3.8) is 0 Å². The average Bonchev–Trinajstić information content (AvgIpc) is 3.50. The van der Waals surface area contributed by atoms with Crippen LogP contribution in [0.3, 0.4) is 0 Å². The molecule has 11 nitrogen and oxygen atoms in total. The Morgan fingerprint density at radius 1 is 1.00 bits per heavy atom. The molecule has 40 heavy (non-hydrogen) atoms. The first-order valence-electron chi connectivity index (χ1n) is 14.9. The number of carboxylic acids is 1. The number of aliphatic hydroxyl groups is 1. The maximum atomic E-state index is 14.0. The van der Waals surface area contributed by atoms with Gasteiger partial charge in [0, 0.05) is 32.6 Å². The number of nitrogens with zero attached hydrogens (tertiary/aromatic N) is 4. The molecule has 0 aromatic heterocycles. The van der Waals surface area contributed by atoms with Crippen molar-refractivity contribution in [3.05, 3.63) is 0 Å². The number of nitrogens with one attached hydrogen (secondary N) is 1. The van der Waals surface area contributed by atoms with Gasteiger partial charge in [-0.15, -0.1) is 0 Å². The summed E-state index contributed by atoms with van der Waals surface area (Å²) in [6, 6.07) is -2.68. The zero-order valence-electron chi connectivity index (χ0n) is 25.4. The standard InChI is InChI=1S/C29H51N5O6/c1-18(2)23(17-33-14-10-12-21(33)26(37)34-16-19(35)15-22(34)28(39)40)32(7)27(38)24(29(3,4)5)30-25(36)20-11-8-9-13-31(20)6/h18-24,35H,8-17H2,1-7H3,(H,30,36)(H,39,40)/t19?,20?,21-,22-,23+,24+/m0/s1. The van der Waals surface area contributed by atoms with Crippen molar-refractivity contribution in [3.8, 4) is 0 Å². The van der Waals surface area contributed by atoms with Gasteiger partial charge in [0.1, 0.15) is 12.1 Å². The molecule has 3 N–H and O–H groups in total. The Hall–Kier alpha value is -2.24. The minimum Gasteiger partial charge on any atom is -0.480 e. The van der Waals surface area contributed by atoms with Gasteiger partial charge in [0.15, 0.2) is 0 Å². The molecule has 6 atom stereocenters. The fourth-order valence-electron chi connectivity index (χ4n) is 6.49. The number of likely N-dealkylation sites (tertiary alicyclic amines) is 3. The number of aliphatic carboxylic acids is 1. The Labute approximate surface area is 239 Å². The van der Waals surface area contributed by atoms with Gasteiger partial charge in [0.25, 0.3) is 0 Å². The van der Waals surface area contributed by atoms with Gasteiger partial charge in [-0.05, 0) is 57.2 Å². The molecule has 0 aromatic rings. The van der Waals surface area contributed by atoms with Crippen molar-refractivity contribution in [2.24, 2.45) is 11.3 Å². The quantitative estimate of drug-likeness (QED) is 0.377. The van der Waals surface area contributed by atoms with Crippen molar-refractivity contribution in [1.82, 2.24) is 24.9 Å². The molecule has 0 aromatic carbocycles. The molecule has 3 fully saturated rings. The number of likely N-dealkylation sites (N-methyl/N-ethyl adjacent to an activating group) is 2. The van der Waals surface area contributed by atoms with Crippen molar-refractivity contribution >= 4 is 23.7 Å². The SMILES string of the molecule is CC(C)[C@@H](CN1CCC[C@H]1C(=O)N1CC(O)C[C@H]1C(=O)O)N(C)C(=O)[C@@H](NC(=O)C1CCCCN1C)C(C)(C)C. The first-order valence-corrected chi connectivity index (χ1v) is 14.9. The van der Waals surface area contributed by atoms with E-state index >= 15 is 0 Å². The van der Waals surface area contributed by atoms with Crippen molar-refractivity contribution in [2.75, 3.05) is 40.3 Å². The average molecular weight is 566 g/mol. The second kappa shape index (κ2) is 13.2. The molecule has 2 unspecified atom stereocenters. The summed E-state index contributed by atoms with van der Waals surface area (Å²) in [5, 5.41) is 22.7. The largest absolute Gasteiger partial charge is 0.480 e. The molecule has 3 heterocycles. The van der Waals surface area contributed by atoms with Crippen LogP contribution in [0.2, 0.25) is 0 Å². The molecule has 0 aliphatic carbocycles. The van der Waals surface area contributed by atoms with E-state index in [-0.39, 0.29) is 48.7 Å². The van der Waals surface area contributed by atoms with Crippen LogP contribution in [-0.2, 0) is 19.2 Å². The molecule has 3 aliphatic heterocycles. The topological polar surface area (TPSA) is 134 Å². The zero-order valence-corrected chi connectivity index (χ0v) is 25.4. The van der Waals surface area contributed by atoms with Gasteiger partial charge in [-0.1, -0.05) is 41.0 Å². The van der Waals surface area contributed by atoms with Crippen LogP contribution in [0.25, 0.3) is 0 Å². The summed E-state index contributed by atoms with van der Waals surface area (Å²) in [5.74, 6) is -1.57. The van der Waals surface area contributed by atoms with Crippen LogP contribution < -0.4 is 5.32 Å². The van der Waals surface area contributed by atoms with Gasteiger partial charge in [-0.25, -0.2) is 4.79 Å². The third kappa shape index (κ3) is 7.33. The molecule has 3 amide bonds. The van der Waals surface area contributed by atoms with E-state index < -0.39 is 35.6 Å². The van der Waals surface area contributed by atoms with Crippen LogP contribution in [0, 0.1) is 11.3 Å². The fraction of sp³-hybridized carbons (Fsp3) is 0.862. The van der Waals surface area contributed by atoms with Crippen LogP contribution >= 0.6 is 0 Å². The van der Waals surface area contributed by atoms with E-state index in [9.17, 15) is 29.4 Å². The molecule has 3 saturated heterocycles. The van der Waals surface area contributed by atoms with Crippen molar-refractivity contribution in [2.45, 2.75) is 109 Å². The first-order chi connectivity index (χ1) is 18.6. The minimum absolute atomic E-state index is 0.0231. The Bertz CT molecular complexity index is 936. The maximum Gasteiger partial charge on any atom is 0.326 e. The van der Waals surface area contributed by atoms with Crippen LogP contribution in [0.1, 0.15) is 73.1 Å². The maximum absolute atomic E-state index is 14.0. The molecule has 228 valence electrons. The number of rotatable bonds is 9. The van der Waals surface area contributed by atoms with Crippen molar-refractivity contribution < 1.29 is 29.4 Å². The zero-order chi connectivity index (χ0) is 29.9. The number of amides is 3. The second-order valence-electron chi connectivity index (χ2n) is 13.4. The van der Waals surface area contributed by atoms with Gasteiger partial charge in [-0.3, -0.25) is 24.2 Å². The third-order valence-corrected chi connectivity index (χ3v) is 9.00. The highest BCUT2D eigenvalue weighted by Gasteiger charge is 2.45. The molecule has 0 bridgehead atoms. The highest BCUT2D eigenvalue weighted by molar-refractivity contribution is 5.90. The summed E-state index contributed by atoms with van der Waals surface area (Å²) in [7, 11) is 3.72. The van der Waals surface area contributed by atoms with Gasteiger partial charge in [0.2, 0.25) is 17.7 Å². The number of hydrogen-bond acceptors (Lipinski definition) is 7. The third-order valence-electron chi connectivity index (χ3n) is 9.00. The predicted molar refractivity (Wildman–Crippen MR) is 151 cm³/mol. The second-order valence-corrected chi connectivity index (χ2v) is 13.4.